The number of hydrogen-bond acceptors (Lipinski definition) is 3. The van der Waals surface area contributed by atoms with Crippen molar-refractivity contribution >= 4 is 23.6 Å². The maximum absolute atomic E-state index is 11.1. The van der Waals surface area contributed by atoms with Crippen molar-refractivity contribution in [1.29, 1.82) is 0 Å². The van der Waals surface area contributed by atoms with Crippen LogP contribution in [-0.4, -0.2) is 43.4 Å². The minimum atomic E-state index is 0.536. The molecule has 1 aromatic rings. The molecule has 2 rings (SSSR count). The third-order valence-electron chi connectivity index (χ3n) is 3.53. The van der Waals surface area contributed by atoms with E-state index in [9.17, 15) is 4.79 Å². The van der Waals surface area contributed by atoms with Crippen LogP contribution >= 0.6 is 11.6 Å². The van der Waals surface area contributed by atoms with Gasteiger partial charge in [0.25, 0.3) is 0 Å². The van der Waals surface area contributed by atoms with E-state index in [4.69, 9.17) is 11.6 Å². The quantitative estimate of drug-likeness (QED) is 0.786. The minimum Gasteiger partial charge on any atom is -0.368 e. The Labute approximate surface area is 113 Å². The summed E-state index contributed by atoms with van der Waals surface area (Å²) < 4.78 is 0. The van der Waals surface area contributed by atoms with Crippen molar-refractivity contribution in [2.45, 2.75) is 19.9 Å². The zero-order valence-corrected chi connectivity index (χ0v) is 11.7. The van der Waals surface area contributed by atoms with Crippen LogP contribution < -0.4 is 4.90 Å². The molecule has 3 nitrogen and oxygen atoms in total. The van der Waals surface area contributed by atoms with Crippen LogP contribution in [0.3, 0.4) is 0 Å². The molecule has 1 heterocycles. The Morgan fingerprint density at radius 2 is 1.89 bits per heavy atom. The molecule has 0 radical (unpaired) electrons. The lowest BCUT2D eigenvalue weighted by atomic mass is 10.1. The molecule has 0 saturated carbocycles. The van der Waals surface area contributed by atoms with E-state index in [0.29, 0.717) is 16.6 Å². The zero-order valence-electron chi connectivity index (χ0n) is 10.9. The van der Waals surface area contributed by atoms with Crippen LogP contribution in [-0.2, 0) is 0 Å². The van der Waals surface area contributed by atoms with Crippen molar-refractivity contribution in [1.82, 2.24) is 4.90 Å². The van der Waals surface area contributed by atoms with Crippen molar-refractivity contribution in [3.8, 4) is 0 Å². The van der Waals surface area contributed by atoms with Gasteiger partial charge in [-0.1, -0.05) is 17.7 Å². The number of piperazine rings is 1. The highest BCUT2D eigenvalue weighted by atomic mass is 35.5. The summed E-state index contributed by atoms with van der Waals surface area (Å²) in [6.45, 7) is 8.38. The number of anilines is 1. The number of halogens is 1. The van der Waals surface area contributed by atoms with Gasteiger partial charge in [0.2, 0.25) is 0 Å². The lowest BCUT2D eigenvalue weighted by Gasteiger charge is -2.38. The summed E-state index contributed by atoms with van der Waals surface area (Å²) in [6.07, 6.45) is 0.854. The van der Waals surface area contributed by atoms with Gasteiger partial charge in [-0.05, 0) is 26.0 Å². The summed E-state index contributed by atoms with van der Waals surface area (Å²) in [6, 6.07) is 6.22. The van der Waals surface area contributed by atoms with Crippen LogP contribution in [0.2, 0.25) is 5.02 Å². The Bertz CT molecular complexity index is 426. The Morgan fingerprint density at radius 1 is 1.22 bits per heavy atom. The van der Waals surface area contributed by atoms with Crippen LogP contribution in [0.4, 0.5) is 5.69 Å². The number of carbonyl (C=O) groups is 1. The molecule has 1 aliphatic rings. The van der Waals surface area contributed by atoms with E-state index in [2.05, 4.69) is 23.6 Å². The van der Waals surface area contributed by atoms with Gasteiger partial charge in [0.05, 0.1) is 10.6 Å². The molecule has 0 unspecified atom stereocenters. The van der Waals surface area contributed by atoms with Gasteiger partial charge in [0.1, 0.15) is 0 Å². The van der Waals surface area contributed by atoms with E-state index in [1.54, 1.807) is 6.07 Å². The van der Waals surface area contributed by atoms with E-state index >= 15 is 0 Å². The van der Waals surface area contributed by atoms with E-state index in [1.165, 1.54) is 0 Å². The van der Waals surface area contributed by atoms with Crippen molar-refractivity contribution in [3.05, 3.63) is 28.8 Å². The Balaban J connectivity index is 2.15. The third-order valence-corrected chi connectivity index (χ3v) is 3.86. The molecule has 98 valence electrons. The number of aldehydes is 1. The van der Waals surface area contributed by atoms with Gasteiger partial charge in [-0.15, -0.1) is 0 Å². The fraction of sp³-hybridized carbons (Fsp3) is 0.500. The first-order valence-electron chi connectivity index (χ1n) is 6.36. The monoisotopic (exact) mass is 266 g/mol. The molecule has 0 atom stereocenters. The fourth-order valence-corrected chi connectivity index (χ4v) is 2.61. The second kappa shape index (κ2) is 5.72. The lowest BCUT2D eigenvalue weighted by molar-refractivity contribution is 0.112. The van der Waals surface area contributed by atoms with E-state index < -0.39 is 0 Å². The molecular formula is C14H19ClN2O. The second-order valence-corrected chi connectivity index (χ2v) is 5.31. The number of nitrogens with zero attached hydrogens (tertiary/aromatic N) is 2. The van der Waals surface area contributed by atoms with Crippen molar-refractivity contribution in [2.24, 2.45) is 0 Å². The summed E-state index contributed by atoms with van der Waals surface area (Å²) in [7, 11) is 0. The van der Waals surface area contributed by atoms with E-state index in [-0.39, 0.29) is 0 Å². The van der Waals surface area contributed by atoms with E-state index in [1.807, 2.05) is 12.1 Å². The summed E-state index contributed by atoms with van der Waals surface area (Å²) in [4.78, 5) is 15.8. The van der Waals surface area contributed by atoms with Crippen LogP contribution in [0, 0.1) is 0 Å². The minimum absolute atomic E-state index is 0.536. The molecule has 1 aromatic carbocycles. The summed E-state index contributed by atoms with van der Waals surface area (Å²) in [5, 5.41) is 0.536. The van der Waals surface area contributed by atoms with Crippen LogP contribution in [0.25, 0.3) is 0 Å². The molecule has 0 aromatic heterocycles. The first kappa shape index (κ1) is 13.4. The summed E-state index contributed by atoms with van der Waals surface area (Å²) >= 11 is 6.06. The normalized spacial score (nSPS) is 17.2. The molecule has 0 N–H and O–H groups in total. The number of carbonyl (C=O) groups excluding carboxylic acids is 1. The molecule has 0 aliphatic carbocycles. The predicted octanol–water partition coefficient (Wildman–Crippen LogP) is 2.68. The second-order valence-electron chi connectivity index (χ2n) is 4.91. The fourth-order valence-electron chi connectivity index (χ4n) is 2.40. The maximum Gasteiger partial charge on any atom is 0.153 e. The van der Waals surface area contributed by atoms with Crippen molar-refractivity contribution in [3.63, 3.8) is 0 Å². The predicted molar refractivity (Wildman–Crippen MR) is 75.8 cm³/mol. The molecule has 0 spiro atoms. The van der Waals surface area contributed by atoms with E-state index in [0.717, 1.165) is 38.2 Å². The molecule has 0 bridgehead atoms. The number of hydrogen-bond donors (Lipinski definition) is 0. The first-order valence-corrected chi connectivity index (χ1v) is 6.74. The zero-order chi connectivity index (χ0) is 13.1. The Kier molecular flexibility index (Phi) is 4.25. The van der Waals surface area contributed by atoms with Crippen molar-refractivity contribution < 1.29 is 4.79 Å². The third kappa shape index (κ3) is 2.68. The van der Waals surface area contributed by atoms with Gasteiger partial charge >= 0.3 is 0 Å². The Morgan fingerprint density at radius 3 is 2.44 bits per heavy atom. The molecule has 4 heteroatoms. The summed E-state index contributed by atoms with van der Waals surface area (Å²) in [5.74, 6) is 0. The van der Waals surface area contributed by atoms with Gasteiger partial charge in [-0.25, -0.2) is 0 Å². The van der Waals surface area contributed by atoms with Crippen LogP contribution in [0.5, 0.6) is 0 Å². The molecule has 18 heavy (non-hydrogen) atoms. The lowest BCUT2D eigenvalue weighted by Crippen LogP contribution is -2.49. The van der Waals surface area contributed by atoms with Gasteiger partial charge < -0.3 is 4.90 Å². The maximum atomic E-state index is 11.1. The average Bonchev–Trinajstić information content (AvgIpc) is 2.38. The smallest absolute Gasteiger partial charge is 0.153 e. The first-order chi connectivity index (χ1) is 8.63. The van der Waals surface area contributed by atoms with Gasteiger partial charge in [0.15, 0.2) is 6.29 Å². The van der Waals surface area contributed by atoms with Crippen molar-refractivity contribution in [2.75, 3.05) is 31.1 Å². The topological polar surface area (TPSA) is 23.6 Å². The summed E-state index contributed by atoms with van der Waals surface area (Å²) in [5.41, 5.74) is 1.57. The highest BCUT2D eigenvalue weighted by molar-refractivity contribution is 6.33. The van der Waals surface area contributed by atoms with Crippen LogP contribution in [0.1, 0.15) is 24.2 Å². The highest BCUT2D eigenvalue weighted by Gasteiger charge is 2.21. The van der Waals surface area contributed by atoms with Gasteiger partial charge in [0, 0.05) is 37.9 Å². The highest BCUT2D eigenvalue weighted by Crippen LogP contribution is 2.26. The number of rotatable bonds is 3. The molecular weight excluding hydrogens is 248 g/mol. The largest absolute Gasteiger partial charge is 0.368 e. The molecule has 1 fully saturated rings. The van der Waals surface area contributed by atoms with Crippen LogP contribution in [0.15, 0.2) is 18.2 Å². The molecule has 0 amide bonds. The number of benzene rings is 1. The van der Waals surface area contributed by atoms with Gasteiger partial charge in [-0.2, -0.15) is 0 Å². The standard InChI is InChI=1S/C14H19ClN2O/c1-11(2)16-6-8-17(9-7-16)14-5-3-4-13(15)12(14)10-18/h3-5,10-11H,6-9H2,1-2H3. The SMILES string of the molecule is CC(C)N1CCN(c2cccc(Cl)c2C=O)CC1. The molecule has 1 saturated heterocycles. The average molecular weight is 267 g/mol. The van der Waals surface area contributed by atoms with Gasteiger partial charge in [-0.3, -0.25) is 9.69 Å². The Hall–Kier alpha value is -1.06. The molecule has 1 aliphatic heterocycles.